The molecule has 0 bridgehead atoms. The second-order valence-corrected chi connectivity index (χ2v) is 6.01. The van der Waals surface area contributed by atoms with Gasteiger partial charge >= 0.3 is 0 Å². The Kier molecular flexibility index (Phi) is 4.98. The molecule has 2 aromatic rings. The molecule has 1 atom stereocenters. The van der Waals surface area contributed by atoms with Gasteiger partial charge in [-0.25, -0.2) is 4.39 Å². The number of aryl methyl sites for hydroxylation is 1. The van der Waals surface area contributed by atoms with Crippen LogP contribution in [0.4, 0.5) is 10.1 Å². The lowest BCUT2D eigenvalue weighted by atomic mass is 10.0. The van der Waals surface area contributed by atoms with Crippen molar-refractivity contribution < 1.29 is 13.7 Å². The first-order valence-electron chi connectivity index (χ1n) is 8.07. The SMILES string of the molecule is O=C(CCc1cc(=O)[nH]o1)N1CCC[C@@H](Nc2cccc(F)c2)C1. The fourth-order valence-corrected chi connectivity index (χ4v) is 2.97. The molecular weight excluding hydrogens is 313 g/mol. The zero-order valence-electron chi connectivity index (χ0n) is 13.3. The lowest BCUT2D eigenvalue weighted by Gasteiger charge is -2.33. The van der Waals surface area contributed by atoms with Gasteiger partial charge in [-0.1, -0.05) is 6.07 Å². The molecular formula is C17H20FN3O3. The third-order valence-corrected chi connectivity index (χ3v) is 4.13. The molecule has 2 N–H and O–H groups in total. The Hall–Kier alpha value is -2.57. The summed E-state index contributed by atoms with van der Waals surface area (Å²) in [6.45, 7) is 1.31. The van der Waals surface area contributed by atoms with Gasteiger partial charge in [-0.3, -0.25) is 9.59 Å². The van der Waals surface area contributed by atoms with E-state index in [0.717, 1.165) is 25.1 Å². The third kappa shape index (κ3) is 4.24. The van der Waals surface area contributed by atoms with E-state index < -0.39 is 0 Å². The van der Waals surface area contributed by atoms with Crippen molar-refractivity contribution in [2.45, 2.75) is 31.7 Å². The molecule has 1 amide bonds. The molecule has 1 saturated heterocycles. The fourth-order valence-electron chi connectivity index (χ4n) is 2.97. The Morgan fingerprint density at radius 1 is 1.42 bits per heavy atom. The van der Waals surface area contributed by atoms with Crippen LogP contribution in [0.3, 0.4) is 0 Å². The van der Waals surface area contributed by atoms with Gasteiger partial charge in [0.15, 0.2) is 0 Å². The number of carbonyl (C=O) groups excluding carboxylic acids is 1. The van der Waals surface area contributed by atoms with Gasteiger partial charge in [0.2, 0.25) is 5.91 Å². The van der Waals surface area contributed by atoms with Crippen LogP contribution in [0, 0.1) is 5.82 Å². The van der Waals surface area contributed by atoms with E-state index in [4.69, 9.17) is 4.52 Å². The molecule has 0 aliphatic carbocycles. The minimum atomic E-state index is -0.297. The summed E-state index contributed by atoms with van der Waals surface area (Å²) in [4.78, 5) is 25.1. The van der Waals surface area contributed by atoms with Crippen molar-refractivity contribution in [2.24, 2.45) is 0 Å². The number of carbonyl (C=O) groups is 1. The summed E-state index contributed by atoms with van der Waals surface area (Å²) in [6.07, 6.45) is 2.54. The van der Waals surface area contributed by atoms with Gasteiger partial charge in [-0.05, 0) is 31.0 Å². The number of anilines is 1. The lowest BCUT2D eigenvalue weighted by Crippen LogP contribution is -2.45. The number of hydrogen-bond donors (Lipinski definition) is 2. The number of aromatic amines is 1. The van der Waals surface area contributed by atoms with E-state index in [0.29, 0.717) is 25.1 Å². The molecule has 1 fully saturated rings. The highest BCUT2D eigenvalue weighted by Crippen LogP contribution is 2.18. The number of benzene rings is 1. The average Bonchev–Trinajstić information content (AvgIpc) is 2.98. The van der Waals surface area contributed by atoms with Crippen LogP contribution in [0.1, 0.15) is 25.0 Å². The maximum atomic E-state index is 13.3. The van der Waals surface area contributed by atoms with Crippen molar-refractivity contribution in [1.29, 1.82) is 0 Å². The van der Waals surface area contributed by atoms with E-state index in [1.807, 2.05) is 11.0 Å². The first-order chi connectivity index (χ1) is 11.6. The fraction of sp³-hybridized carbons (Fsp3) is 0.412. The molecule has 0 unspecified atom stereocenters. The quantitative estimate of drug-likeness (QED) is 0.879. The van der Waals surface area contributed by atoms with E-state index >= 15 is 0 Å². The van der Waals surface area contributed by atoms with Crippen molar-refractivity contribution in [3.05, 3.63) is 52.3 Å². The van der Waals surface area contributed by atoms with Crippen LogP contribution in [0.5, 0.6) is 0 Å². The summed E-state index contributed by atoms with van der Waals surface area (Å²) >= 11 is 0. The van der Waals surface area contributed by atoms with Crippen LogP contribution in [0.15, 0.2) is 39.6 Å². The van der Waals surface area contributed by atoms with Crippen molar-refractivity contribution in [3.63, 3.8) is 0 Å². The first-order valence-corrected chi connectivity index (χ1v) is 8.07. The third-order valence-electron chi connectivity index (χ3n) is 4.13. The summed E-state index contributed by atoms with van der Waals surface area (Å²) < 4.78 is 18.2. The van der Waals surface area contributed by atoms with Gasteiger partial charge in [0, 0.05) is 43.7 Å². The molecule has 1 aromatic heterocycles. The topological polar surface area (TPSA) is 78.3 Å². The van der Waals surface area contributed by atoms with Gasteiger partial charge < -0.3 is 14.7 Å². The van der Waals surface area contributed by atoms with Gasteiger partial charge in [-0.2, -0.15) is 5.16 Å². The molecule has 0 saturated carbocycles. The maximum absolute atomic E-state index is 13.3. The largest absolute Gasteiger partial charge is 0.384 e. The molecule has 1 aliphatic rings. The van der Waals surface area contributed by atoms with Gasteiger partial charge in [0.1, 0.15) is 11.6 Å². The van der Waals surface area contributed by atoms with Crippen LogP contribution in [-0.4, -0.2) is 35.1 Å². The van der Waals surface area contributed by atoms with Crippen LogP contribution in [0.2, 0.25) is 0 Å². The number of nitrogens with one attached hydrogen (secondary N) is 2. The van der Waals surface area contributed by atoms with Crippen LogP contribution in [-0.2, 0) is 11.2 Å². The summed E-state index contributed by atoms with van der Waals surface area (Å²) in [7, 11) is 0. The number of rotatable bonds is 5. The van der Waals surface area contributed by atoms with E-state index in [1.165, 1.54) is 18.2 Å². The monoisotopic (exact) mass is 333 g/mol. The van der Waals surface area contributed by atoms with Crippen LogP contribution >= 0.6 is 0 Å². The molecule has 7 heteroatoms. The highest BCUT2D eigenvalue weighted by Gasteiger charge is 2.23. The number of halogens is 1. The minimum Gasteiger partial charge on any atom is -0.384 e. The number of H-pyrrole nitrogens is 1. The number of aromatic nitrogens is 1. The molecule has 3 rings (SSSR count). The van der Waals surface area contributed by atoms with E-state index in [9.17, 15) is 14.0 Å². The van der Waals surface area contributed by atoms with Crippen molar-refractivity contribution in [2.75, 3.05) is 18.4 Å². The molecule has 128 valence electrons. The molecule has 1 aliphatic heterocycles. The van der Waals surface area contributed by atoms with Crippen molar-refractivity contribution >= 4 is 11.6 Å². The molecule has 0 spiro atoms. The number of likely N-dealkylation sites (tertiary alicyclic amines) is 1. The second kappa shape index (κ2) is 7.33. The van der Waals surface area contributed by atoms with Gasteiger partial charge in [-0.15, -0.1) is 0 Å². The summed E-state index contributed by atoms with van der Waals surface area (Å²) in [5.74, 6) is 0.237. The first kappa shape index (κ1) is 16.3. The average molecular weight is 333 g/mol. The lowest BCUT2D eigenvalue weighted by molar-refractivity contribution is -0.132. The molecule has 2 heterocycles. The molecule has 24 heavy (non-hydrogen) atoms. The normalized spacial score (nSPS) is 17.7. The van der Waals surface area contributed by atoms with Gasteiger partial charge in [0.05, 0.1) is 0 Å². The zero-order chi connectivity index (χ0) is 16.9. The molecule has 6 nitrogen and oxygen atoms in total. The number of amides is 1. The van der Waals surface area contributed by atoms with Crippen LogP contribution < -0.4 is 10.9 Å². The van der Waals surface area contributed by atoms with E-state index in [2.05, 4.69) is 10.5 Å². The Morgan fingerprint density at radius 3 is 3.04 bits per heavy atom. The Labute approximate surface area is 138 Å². The predicted octanol–water partition coefficient (Wildman–Crippen LogP) is 2.14. The number of nitrogens with zero attached hydrogens (tertiary/aromatic N) is 1. The zero-order valence-corrected chi connectivity index (χ0v) is 13.3. The Balaban J connectivity index is 1.52. The Morgan fingerprint density at radius 2 is 2.29 bits per heavy atom. The van der Waals surface area contributed by atoms with Crippen molar-refractivity contribution in [1.82, 2.24) is 10.1 Å². The molecule has 0 radical (unpaired) electrons. The highest BCUT2D eigenvalue weighted by molar-refractivity contribution is 5.76. The van der Waals surface area contributed by atoms with Gasteiger partial charge in [0.25, 0.3) is 5.56 Å². The standard InChI is InChI=1S/C17H20FN3O3/c18-12-3-1-4-13(9-12)19-14-5-2-8-21(11-14)17(23)7-6-15-10-16(22)20-24-15/h1,3-4,9-10,14,19H,2,5-8,11H2,(H,20,22)/t14-/m1/s1. The second-order valence-electron chi connectivity index (χ2n) is 6.01. The van der Waals surface area contributed by atoms with Crippen molar-refractivity contribution in [3.8, 4) is 0 Å². The minimum absolute atomic E-state index is 0.0320. The van der Waals surface area contributed by atoms with E-state index in [1.54, 1.807) is 6.07 Å². The summed E-state index contributed by atoms with van der Waals surface area (Å²) in [5.41, 5.74) is 0.429. The molecule has 1 aromatic carbocycles. The van der Waals surface area contributed by atoms with Crippen LogP contribution in [0.25, 0.3) is 0 Å². The predicted molar refractivity (Wildman–Crippen MR) is 87.3 cm³/mol. The number of piperidine rings is 1. The highest BCUT2D eigenvalue weighted by atomic mass is 19.1. The Bertz CT molecular complexity index is 755. The summed E-state index contributed by atoms with van der Waals surface area (Å²) in [6, 6.07) is 7.80. The number of hydrogen-bond acceptors (Lipinski definition) is 4. The smallest absolute Gasteiger partial charge is 0.280 e. The maximum Gasteiger partial charge on any atom is 0.280 e. The van der Waals surface area contributed by atoms with E-state index in [-0.39, 0.29) is 23.3 Å². The summed E-state index contributed by atoms with van der Waals surface area (Å²) in [5, 5.41) is 5.50.